The minimum atomic E-state index is -0.279. The molecule has 1 heterocycles. The lowest BCUT2D eigenvalue weighted by atomic mass is 9.75. The number of methoxy groups -OCH3 is 4. The Morgan fingerprint density at radius 2 is 1.55 bits per heavy atom. The molecule has 0 spiro atoms. The molecule has 2 aromatic carbocycles. The molecule has 0 fully saturated rings. The Labute approximate surface area is 170 Å². The van der Waals surface area contributed by atoms with Gasteiger partial charge in [-0.3, -0.25) is 4.79 Å². The molecule has 2 aromatic rings. The van der Waals surface area contributed by atoms with Crippen molar-refractivity contribution in [3.8, 4) is 23.0 Å². The number of benzene rings is 2. The van der Waals surface area contributed by atoms with E-state index in [0.717, 1.165) is 40.9 Å². The van der Waals surface area contributed by atoms with Crippen LogP contribution in [0, 0.1) is 0 Å². The molecule has 0 saturated carbocycles. The molecule has 2 aliphatic rings. The lowest BCUT2D eigenvalue weighted by Gasteiger charge is -2.35. The first-order valence-corrected chi connectivity index (χ1v) is 9.62. The van der Waals surface area contributed by atoms with Crippen LogP contribution in [0.15, 0.2) is 41.6 Å². The van der Waals surface area contributed by atoms with Crippen LogP contribution in [0.25, 0.3) is 0 Å². The fraction of sp³-hybridized carbons (Fsp3) is 0.348. The maximum atomic E-state index is 13.0. The molecular formula is C23H25NO5. The van der Waals surface area contributed by atoms with E-state index in [1.54, 1.807) is 28.4 Å². The summed E-state index contributed by atoms with van der Waals surface area (Å²) < 4.78 is 22.2. The molecule has 4 rings (SSSR count). The molecule has 1 atom stereocenters. The van der Waals surface area contributed by atoms with Crippen LogP contribution in [0.3, 0.4) is 0 Å². The molecule has 0 bridgehead atoms. The van der Waals surface area contributed by atoms with E-state index in [0.29, 0.717) is 29.4 Å². The van der Waals surface area contributed by atoms with Crippen LogP contribution in [0.1, 0.15) is 36.3 Å². The minimum absolute atomic E-state index is 0.161. The first kappa shape index (κ1) is 19.2. The van der Waals surface area contributed by atoms with Gasteiger partial charge in [0.1, 0.15) is 11.5 Å². The van der Waals surface area contributed by atoms with Gasteiger partial charge >= 0.3 is 0 Å². The number of nitrogens with one attached hydrogen (secondary N) is 1. The predicted molar refractivity (Wildman–Crippen MR) is 110 cm³/mol. The van der Waals surface area contributed by atoms with Gasteiger partial charge in [-0.2, -0.15) is 0 Å². The molecule has 1 aliphatic heterocycles. The zero-order chi connectivity index (χ0) is 20.5. The molecule has 152 valence electrons. The van der Waals surface area contributed by atoms with E-state index in [1.165, 1.54) is 0 Å². The number of anilines is 1. The van der Waals surface area contributed by atoms with Crippen LogP contribution < -0.4 is 24.3 Å². The SMILES string of the molecule is COc1ccc(OC)c(C2C3=C(CCCC3=O)Nc3cc(OC)c(OC)cc32)c1. The normalized spacial score (nSPS) is 17.8. The van der Waals surface area contributed by atoms with Crippen molar-refractivity contribution in [2.75, 3.05) is 33.8 Å². The van der Waals surface area contributed by atoms with E-state index in [1.807, 2.05) is 30.3 Å². The molecule has 1 N–H and O–H groups in total. The van der Waals surface area contributed by atoms with Gasteiger partial charge in [-0.1, -0.05) is 0 Å². The molecule has 1 aliphatic carbocycles. The van der Waals surface area contributed by atoms with Gasteiger partial charge in [0.25, 0.3) is 0 Å². The number of Topliss-reactive ketones (excluding diaryl/α,β-unsaturated/α-hetero) is 1. The summed E-state index contributed by atoms with van der Waals surface area (Å²) in [7, 11) is 6.49. The highest BCUT2D eigenvalue weighted by molar-refractivity contribution is 6.01. The second kappa shape index (κ2) is 7.70. The van der Waals surface area contributed by atoms with Crippen LogP contribution in [0.2, 0.25) is 0 Å². The van der Waals surface area contributed by atoms with Crippen LogP contribution in [-0.4, -0.2) is 34.2 Å². The van der Waals surface area contributed by atoms with Crippen molar-refractivity contribution >= 4 is 11.5 Å². The van der Waals surface area contributed by atoms with Crippen molar-refractivity contribution in [3.63, 3.8) is 0 Å². The summed E-state index contributed by atoms with van der Waals surface area (Å²) in [5, 5.41) is 3.47. The summed E-state index contributed by atoms with van der Waals surface area (Å²) in [6.45, 7) is 0. The number of carbonyl (C=O) groups is 1. The Morgan fingerprint density at radius 1 is 0.828 bits per heavy atom. The third-order valence-electron chi connectivity index (χ3n) is 5.64. The molecule has 29 heavy (non-hydrogen) atoms. The summed E-state index contributed by atoms with van der Waals surface area (Å²) in [6.07, 6.45) is 2.22. The Hall–Kier alpha value is -3.15. The van der Waals surface area contributed by atoms with Crippen molar-refractivity contribution in [1.82, 2.24) is 0 Å². The van der Waals surface area contributed by atoms with E-state index in [2.05, 4.69) is 5.32 Å². The maximum absolute atomic E-state index is 13.0. The highest BCUT2D eigenvalue weighted by Crippen LogP contribution is 2.50. The summed E-state index contributed by atoms with van der Waals surface area (Å²) in [5.74, 6) is 2.57. The van der Waals surface area contributed by atoms with E-state index >= 15 is 0 Å². The van der Waals surface area contributed by atoms with Crippen LogP contribution >= 0.6 is 0 Å². The predicted octanol–water partition coefficient (Wildman–Crippen LogP) is 4.29. The Balaban J connectivity index is 2.00. The van der Waals surface area contributed by atoms with Gasteiger partial charge in [-0.05, 0) is 42.7 Å². The number of fused-ring (bicyclic) bond motifs is 1. The highest BCUT2D eigenvalue weighted by Gasteiger charge is 2.37. The monoisotopic (exact) mass is 395 g/mol. The average Bonchev–Trinajstić information content (AvgIpc) is 2.76. The van der Waals surface area contributed by atoms with E-state index in [9.17, 15) is 4.79 Å². The molecule has 6 heteroatoms. The van der Waals surface area contributed by atoms with Gasteiger partial charge in [0, 0.05) is 40.9 Å². The standard InChI is InChI=1S/C23H25NO5/c1-26-13-8-9-19(27-2)15(10-13)22-14-11-20(28-3)21(29-4)12-17(14)24-16-6-5-7-18(25)23(16)22/h8-12,22,24H,5-7H2,1-4H3. The van der Waals surface area contributed by atoms with E-state index in [4.69, 9.17) is 18.9 Å². The van der Waals surface area contributed by atoms with E-state index in [-0.39, 0.29) is 11.7 Å². The largest absolute Gasteiger partial charge is 0.497 e. The zero-order valence-corrected chi connectivity index (χ0v) is 17.1. The molecule has 0 amide bonds. The zero-order valence-electron chi connectivity index (χ0n) is 17.1. The molecular weight excluding hydrogens is 370 g/mol. The summed E-state index contributed by atoms with van der Waals surface area (Å²) >= 11 is 0. The Morgan fingerprint density at radius 3 is 2.24 bits per heavy atom. The molecule has 0 saturated heterocycles. The van der Waals surface area contributed by atoms with Crippen molar-refractivity contribution in [2.24, 2.45) is 0 Å². The lowest BCUT2D eigenvalue weighted by Crippen LogP contribution is -2.27. The number of ether oxygens (including phenoxy) is 4. The van der Waals surface area contributed by atoms with Crippen molar-refractivity contribution < 1.29 is 23.7 Å². The smallest absolute Gasteiger partial charge is 0.162 e. The third-order valence-corrected chi connectivity index (χ3v) is 5.64. The van der Waals surface area contributed by atoms with Crippen molar-refractivity contribution in [3.05, 3.63) is 52.7 Å². The minimum Gasteiger partial charge on any atom is -0.497 e. The summed E-state index contributed by atoms with van der Waals surface area (Å²) in [6, 6.07) is 9.55. The molecule has 1 unspecified atom stereocenters. The lowest BCUT2D eigenvalue weighted by molar-refractivity contribution is -0.116. The maximum Gasteiger partial charge on any atom is 0.162 e. The second-order valence-corrected chi connectivity index (χ2v) is 7.13. The highest BCUT2D eigenvalue weighted by atomic mass is 16.5. The van der Waals surface area contributed by atoms with Crippen LogP contribution in [-0.2, 0) is 4.79 Å². The Kier molecular flexibility index (Phi) is 5.09. The fourth-order valence-electron chi connectivity index (χ4n) is 4.28. The van der Waals surface area contributed by atoms with Gasteiger partial charge in [0.15, 0.2) is 17.3 Å². The first-order valence-electron chi connectivity index (χ1n) is 9.62. The van der Waals surface area contributed by atoms with Gasteiger partial charge in [-0.15, -0.1) is 0 Å². The summed E-state index contributed by atoms with van der Waals surface area (Å²) in [5.41, 5.74) is 4.51. The van der Waals surface area contributed by atoms with Gasteiger partial charge in [-0.25, -0.2) is 0 Å². The van der Waals surface area contributed by atoms with E-state index < -0.39 is 0 Å². The Bertz CT molecular complexity index is 995. The van der Waals surface area contributed by atoms with Crippen molar-refractivity contribution in [2.45, 2.75) is 25.2 Å². The number of allylic oxidation sites excluding steroid dienone is 2. The number of ketones is 1. The summed E-state index contributed by atoms with van der Waals surface area (Å²) in [4.78, 5) is 13.0. The molecule has 6 nitrogen and oxygen atoms in total. The number of hydrogen-bond acceptors (Lipinski definition) is 6. The van der Waals surface area contributed by atoms with Crippen LogP contribution in [0.4, 0.5) is 5.69 Å². The van der Waals surface area contributed by atoms with Gasteiger partial charge in [0.2, 0.25) is 0 Å². The average molecular weight is 395 g/mol. The third kappa shape index (κ3) is 3.18. The van der Waals surface area contributed by atoms with Gasteiger partial charge in [0.05, 0.1) is 28.4 Å². The number of rotatable bonds is 5. The second-order valence-electron chi connectivity index (χ2n) is 7.13. The quantitative estimate of drug-likeness (QED) is 0.815. The topological polar surface area (TPSA) is 66.0 Å². The number of carbonyl (C=O) groups excluding carboxylic acids is 1. The van der Waals surface area contributed by atoms with Crippen molar-refractivity contribution in [1.29, 1.82) is 0 Å². The first-order chi connectivity index (χ1) is 14.1. The number of hydrogen-bond donors (Lipinski definition) is 1. The molecule has 0 radical (unpaired) electrons. The fourth-order valence-corrected chi connectivity index (χ4v) is 4.28. The molecule has 0 aromatic heterocycles. The van der Waals surface area contributed by atoms with Crippen LogP contribution in [0.5, 0.6) is 23.0 Å². The van der Waals surface area contributed by atoms with Gasteiger partial charge < -0.3 is 24.3 Å².